The first-order valence-electron chi connectivity index (χ1n) is 6.41. The highest BCUT2D eigenvalue weighted by Gasteiger charge is 2.42. The van der Waals surface area contributed by atoms with Gasteiger partial charge in [0.15, 0.2) is 0 Å². The van der Waals surface area contributed by atoms with Crippen molar-refractivity contribution in [3.8, 4) is 11.9 Å². The zero-order valence-corrected chi connectivity index (χ0v) is 11.2. The molecule has 0 bridgehead atoms. The van der Waals surface area contributed by atoms with Gasteiger partial charge < -0.3 is 9.15 Å². The maximum atomic E-state index is 9.38. The molecule has 0 saturated heterocycles. The number of nitrogens with zero attached hydrogens (tertiary/aromatic N) is 2. The molecule has 0 spiro atoms. The molecule has 2 unspecified atom stereocenters. The molecule has 0 aliphatic carbocycles. The van der Waals surface area contributed by atoms with Crippen molar-refractivity contribution in [2.45, 2.75) is 25.7 Å². The summed E-state index contributed by atoms with van der Waals surface area (Å²) in [5.74, 6) is 0.0639. The zero-order chi connectivity index (χ0) is 14.3. The lowest BCUT2D eigenvalue weighted by Crippen LogP contribution is -2.31. The number of H-pyrrole nitrogens is 1. The van der Waals surface area contributed by atoms with Crippen LogP contribution in [0.25, 0.3) is 0 Å². The van der Waals surface area contributed by atoms with Gasteiger partial charge in [0, 0.05) is 11.3 Å². The van der Waals surface area contributed by atoms with Gasteiger partial charge in [-0.15, -0.1) is 5.10 Å². The second-order valence-corrected chi connectivity index (χ2v) is 5.08. The summed E-state index contributed by atoms with van der Waals surface area (Å²) in [6.07, 6.45) is 1.57. The standard InChI is InChI=1S/C14H14N4O2/c1-7(2)12-11-10(9-4-3-5-19-9)8(6-15)13(16)20-14(11)18-17-12/h3-5,7-8,10,16H,1-2H3,(H,17,18). The van der Waals surface area contributed by atoms with Crippen LogP contribution in [0.15, 0.2) is 22.8 Å². The van der Waals surface area contributed by atoms with E-state index >= 15 is 0 Å². The Balaban J connectivity index is 2.21. The Morgan fingerprint density at radius 3 is 2.90 bits per heavy atom. The number of ether oxygens (including phenoxy) is 1. The molecule has 0 saturated carbocycles. The van der Waals surface area contributed by atoms with Crippen molar-refractivity contribution in [3.05, 3.63) is 35.4 Å². The van der Waals surface area contributed by atoms with Crippen LogP contribution in [-0.2, 0) is 0 Å². The van der Waals surface area contributed by atoms with Crippen molar-refractivity contribution in [2.75, 3.05) is 0 Å². The minimum atomic E-state index is -0.705. The summed E-state index contributed by atoms with van der Waals surface area (Å²) in [6, 6.07) is 5.73. The molecule has 6 heteroatoms. The van der Waals surface area contributed by atoms with Gasteiger partial charge in [-0.25, -0.2) is 0 Å². The normalized spacial score (nSPS) is 21.4. The average molecular weight is 270 g/mol. The van der Waals surface area contributed by atoms with Gasteiger partial charge >= 0.3 is 0 Å². The Morgan fingerprint density at radius 2 is 2.30 bits per heavy atom. The first kappa shape index (κ1) is 12.5. The van der Waals surface area contributed by atoms with E-state index in [9.17, 15) is 5.26 Å². The second kappa shape index (κ2) is 4.53. The summed E-state index contributed by atoms with van der Waals surface area (Å²) in [6.45, 7) is 4.07. The number of rotatable bonds is 2. The third-order valence-corrected chi connectivity index (χ3v) is 3.50. The maximum absolute atomic E-state index is 9.38. The van der Waals surface area contributed by atoms with E-state index in [1.807, 2.05) is 19.9 Å². The fourth-order valence-corrected chi connectivity index (χ4v) is 2.56. The monoisotopic (exact) mass is 270 g/mol. The summed E-state index contributed by atoms with van der Waals surface area (Å²) >= 11 is 0. The van der Waals surface area contributed by atoms with Gasteiger partial charge in [-0.05, 0) is 18.1 Å². The van der Waals surface area contributed by atoms with Gasteiger partial charge in [0.2, 0.25) is 11.8 Å². The van der Waals surface area contributed by atoms with Crippen molar-refractivity contribution in [1.29, 1.82) is 10.7 Å². The number of nitriles is 1. The molecular weight excluding hydrogens is 256 g/mol. The minimum absolute atomic E-state index is 0.0943. The van der Waals surface area contributed by atoms with E-state index in [1.54, 1.807) is 12.3 Å². The van der Waals surface area contributed by atoms with Crippen LogP contribution in [0.2, 0.25) is 0 Å². The van der Waals surface area contributed by atoms with E-state index in [-0.39, 0.29) is 17.7 Å². The molecule has 2 aromatic heterocycles. The highest BCUT2D eigenvalue weighted by Crippen LogP contribution is 2.44. The predicted molar refractivity (Wildman–Crippen MR) is 70.7 cm³/mol. The van der Waals surface area contributed by atoms with Crippen LogP contribution in [0.5, 0.6) is 5.88 Å². The molecule has 3 heterocycles. The molecule has 0 radical (unpaired) electrons. The van der Waals surface area contributed by atoms with Gasteiger partial charge in [0.25, 0.3) is 0 Å². The Bertz CT molecular complexity index is 679. The lowest BCUT2D eigenvalue weighted by atomic mass is 9.81. The Labute approximate surface area is 115 Å². The molecule has 0 fully saturated rings. The van der Waals surface area contributed by atoms with Gasteiger partial charge in [-0.3, -0.25) is 10.5 Å². The maximum Gasteiger partial charge on any atom is 0.243 e. The first-order chi connectivity index (χ1) is 9.63. The molecule has 2 atom stereocenters. The van der Waals surface area contributed by atoms with Crippen LogP contribution in [0.4, 0.5) is 0 Å². The average Bonchev–Trinajstić information content (AvgIpc) is 3.05. The van der Waals surface area contributed by atoms with Crippen molar-refractivity contribution in [1.82, 2.24) is 10.2 Å². The fourth-order valence-electron chi connectivity index (χ4n) is 2.56. The van der Waals surface area contributed by atoms with Crippen molar-refractivity contribution >= 4 is 5.90 Å². The highest BCUT2D eigenvalue weighted by molar-refractivity contribution is 5.84. The SMILES string of the molecule is CC(C)c1[nH]nc2c1C(c1ccco1)C(C#N)C(=N)O2. The van der Waals surface area contributed by atoms with Crippen LogP contribution in [0, 0.1) is 22.7 Å². The first-order valence-corrected chi connectivity index (χ1v) is 6.41. The Kier molecular flexibility index (Phi) is 2.83. The third-order valence-electron chi connectivity index (χ3n) is 3.50. The summed E-state index contributed by atoms with van der Waals surface area (Å²) in [4.78, 5) is 0. The number of furan rings is 1. The van der Waals surface area contributed by atoms with E-state index < -0.39 is 5.92 Å². The smallest absolute Gasteiger partial charge is 0.243 e. The van der Waals surface area contributed by atoms with Crippen LogP contribution in [-0.4, -0.2) is 16.1 Å². The number of hydrogen-bond acceptors (Lipinski definition) is 5. The van der Waals surface area contributed by atoms with Crippen LogP contribution < -0.4 is 4.74 Å². The molecular formula is C14H14N4O2. The number of fused-ring (bicyclic) bond motifs is 1. The van der Waals surface area contributed by atoms with Crippen molar-refractivity contribution in [2.24, 2.45) is 5.92 Å². The molecule has 1 aliphatic rings. The van der Waals surface area contributed by atoms with E-state index in [2.05, 4.69) is 16.3 Å². The van der Waals surface area contributed by atoms with Gasteiger partial charge in [0.1, 0.15) is 11.7 Å². The molecule has 6 nitrogen and oxygen atoms in total. The molecule has 20 heavy (non-hydrogen) atoms. The topological polar surface area (TPSA) is 98.7 Å². The van der Waals surface area contributed by atoms with E-state index in [4.69, 9.17) is 14.6 Å². The van der Waals surface area contributed by atoms with E-state index in [1.165, 1.54) is 0 Å². The van der Waals surface area contributed by atoms with Crippen LogP contribution >= 0.6 is 0 Å². The molecule has 2 N–H and O–H groups in total. The zero-order valence-electron chi connectivity index (χ0n) is 11.2. The van der Waals surface area contributed by atoms with E-state index in [0.717, 1.165) is 11.3 Å². The second-order valence-electron chi connectivity index (χ2n) is 5.08. The van der Waals surface area contributed by atoms with Crippen LogP contribution in [0.3, 0.4) is 0 Å². The lowest BCUT2D eigenvalue weighted by Gasteiger charge is -2.26. The quantitative estimate of drug-likeness (QED) is 0.876. The highest BCUT2D eigenvalue weighted by atomic mass is 16.5. The minimum Gasteiger partial charge on any atom is -0.469 e. The summed E-state index contributed by atoms with van der Waals surface area (Å²) in [5, 5.41) is 24.3. The molecule has 0 amide bonds. The lowest BCUT2D eigenvalue weighted by molar-refractivity contribution is 0.398. The third kappa shape index (κ3) is 1.71. The Hall–Kier alpha value is -2.55. The van der Waals surface area contributed by atoms with Crippen molar-refractivity contribution < 1.29 is 9.15 Å². The van der Waals surface area contributed by atoms with Gasteiger partial charge in [0.05, 0.1) is 18.3 Å². The molecule has 1 aliphatic heterocycles. The van der Waals surface area contributed by atoms with Crippen LogP contribution in [0.1, 0.15) is 42.7 Å². The summed E-state index contributed by atoms with van der Waals surface area (Å²) in [5.41, 5.74) is 1.73. The van der Waals surface area contributed by atoms with Gasteiger partial charge in [-0.2, -0.15) is 5.26 Å². The molecule has 2 aromatic rings. The fraction of sp³-hybridized carbons (Fsp3) is 0.357. The number of nitrogens with one attached hydrogen (secondary N) is 2. The summed E-state index contributed by atoms with van der Waals surface area (Å²) in [7, 11) is 0. The molecule has 0 aromatic carbocycles. The largest absolute Gasteiger partial charge is 0.469 e. The predicted octanol–water partition coefficient (Wildman–Crippen LogP) is 2.77. The number of aromatic amines is 1. The van der Waals surface area contributed by atoms with E-state index in [0.29, 0.717) is 11.6 Å². The summed E-state index contributed by atoms with van der Waals surface area (Å²) < 4.78 is 10.8. The van der Waals surface area contributed by atoms with Gasteiger partial charge in [-0.1, -0.05) is 13.8 Å². The molecule has 102 valence electrons. The van der Waals surface area contributed by atoms with Crippen molar-refractivity contribution in [3.63, 3.8) is 0 Å². The number of hydrogen-bond donors (Lipinski definition) is 2. The molecule has 3 rings (SSSR count). The number of aromatic nitrogens is 2. The Morgan fingerprint density at radius 1 is 1.50 bits per heavy atom.